The van der Waals surface area contributed by atoms with Gasteiger partial charge in [0.1, 0.15) is 17.8 Å². The largest absolute Gasteiger partial charge is 0.508 e. The van der Waals surface area contributed by atoms with Gasteiger partial charge in [-0.25, -0.2) is 10.2 Å². The minimum atomic E-state index is -1.04. The second kappa shape index (κ2) is 22.0. The standard InChI is InChI=1S/C51H68N8O8/c1-10-44(62)56-21-23-57(24-22-56)50(65)55(8)46(33(3)4)48(63)54-42(49(64)59-20-13-12-19-53-59)27-35-25-37(28-38(61)26-35)36-16-17-43-40(29-36)41(30-51(6,7)31-67-32-60)47(58(43)11-2)39-15-14-18-52-45(39)34(5)66-9/h10,14-18,25-26,28-29,32-34,42,46,53,61H,1,11-13,19-24,27,30-31H2,2-9H3,(H,54,63). The maximum Gasteiger partial charge on any atom is 0.320 e. The van der Waals surface area contributed by atoms with Crippen LogP contribution in [0.5, 0.6) is 5.75 Å². The van der Waals surface area contributed by atoms with Gasteiger partial charge in [-0.3, -0.25) is 29.2 Å². The van der Waals surface area contributed by atoms with Gasteiger partial charge in [0.15, 0.2) is 0 Å². The van der Waals surface area contributed by atoms with Gasteiger partial charge in [0.2, 0.25) is 11.8 Å². The number of urea groups is 1. The van der Waals surface area contributed by atoms with Gasteiger partial charge in [0, 0.05) is 94.5 Å². The third-order valence-corrected chi connectivity index (χ3v) is 12.9. The highest BCUT2D eigenvalue weighted by Crippen LogP contribution is 2.42. The fraction of sp³-hybridized carbons (Fsp3) is 0.490. The molecule has 3 unspecified atom stereocenters. The number of ether oxygens (including phenoxy) is 2. The SMILES string of the molecule is C=CC(=O)N1CCN(C(=O)N(C)C(C(=O)NC(Cc2cc(O)cc(-c3ccc4c(c3)c(CC(C)(C)COC=O)c(-c3cccnc3C(C)OC)n4CC)c2)C(=O)N2CCCCN2)C(C)C)CC1. The molecule has 0 bridgehead atoms. The van der Waals surface area contributed by atoms with E-state index in [9.17, 15) is 29.1 Å². The van der Waals surface area contributed by atoms with E-state index < -0.39 is 23.4 Å². The van der Waals surface area contributed by atoms with E-state index in [1.54, 1.807) is 47.3 Å². The van der Waals surface area contributed by atoms with Crippen LogP contribution in [-0.2, 0) is 48.0 Å². The first-order chi connectivity index (χ1) is 32.0. The number of methoxy groups -OCH3 is 1. The van der Waals surface area contributed by atoms with Crippen molar-refractivity contribution in [3.8, 4) is 28.1 Å². The van der Waals surface area contributed by atoms with Crippen molar-refractivity contribution in [2.75, 3.05) is 60.0 Å². The maximum atomic E-state index is 14.4. The highest BCUT2D eigenvalue weighted by molar-refractivity contribution is 5.96. The van der Waals surface area contributed by atoms with E-state index in [0.717, 1.165) is 51.8 Å². The number of nitrogens with one attached hydrogen (secondary N) is 2. The Bertz CT molecular complexity index is 2430. The molecular weight excluding hydrogens is 853 g/mol. The second-order valence-electron chi connectivity index (χ2n) is 18.7. The summed E-state index contributed by atoms with van der Waals surface area (Å²) >= 11 is 0. The number of benzene rings is 2. The number of aromatic hydroxyl groups is 1. The number of aryl methyl sites for hydroxylation is 1. The van der Waals surface area contributed by atoms with E-state index in [4.69, 9.17) is 14.5 Å². The number of phenols is 1. The number of carbonyl (C=O) groups is 5. The van der Waals surface area contributed by atoms with Crippen molar-refractivity contribution in [1.82, 2.24) is 40.0 Å². The minimum Gasteiger partial charge on any atom is -0.508 e. The Balaban J connectivity index is 1.36. The van der Waals surface area contributed by atoms with Crippen molar-refractivity contribution < 1.29 is 38.6 Å². The summed E-state index contributed by atoms with van der Waals surface area (Å²) in [5, 5.41) is 16.9. The quantitative estimate of drug-likeness (QED) is 0.0780. The van der Waals surface area contributed by atoms with Crippen LogP contribution in [0.1, 0.15) is 77.3 Å². The average Bonchev–Trinajstić information content (AvgIpc) is 3.63. The molecule has 0 saturated carbocycles. The number of aromatic nitrogens is 2. The summed E-state index contributed by atoms with van der Waals surface area (Å²) in [7, 11) is 3.25. The molecule has 4 aromatic rings. The molecule has 3 N–H and O–H groups in total. The zero-order chi connectivity index (χ0) is 48.6. The molecule has 4 heterocycles. The van der Waals surface area contributed by atoms with Crippen LogP contribution < -0.4 is 10.7 Å². The highest BCUT2D eigenvalue weighted by Gasteiger charge is 2.37. The minimum absolute atomic E-state index is 0.00534. The van der Waals surface area contributed by atoms with Crippen LogP contribution in [0.15, 0.2) is 67.4 Å². The number of carbonyl (C=O) groups excluding carboxylic acids is 5. The van der Waals surface area contributed by atoms with Crippen LogP contribution in [0.25, 0.3) is 33.3 Å². The van der Waals surface area contributed by atoms with Crippen LogP contribution >= 0.6 is 0 Å². The molecule has 2 aliphatic rings. The average molecular weight is 921 g/mol. The molecule has 2 aliphatic heterocycles. The van der Waals surface area contributed by atoms with Crippen molar-refractivity contribution in [2.24, 2.45) is 11.3 Å². The van der Waals surface area contributed by atoms with E-state index in [2.05, 4.69) is 60.9 Å². The van der Waals surface area contributed by atoms with Gasteiger partial charge in [-0.05, 0) is 104 Å². The lowest BCUT2D eigenvalue weighted by Crippen LogP contribution is -2.61. The van der Waals surface area contributed by atoms with Gasteiger partial charge in [-0.1, -0.05) is 46.4 Å². The van der Waals surface area contributed by atoms with Crippen molar-refractivity contribution in [3.05, 3.63) is 84.2 Å². The summed E-state index contributed by atoms with van der Waals surface area (Å²) in [6, 6.07) is 13.1. The summed E-state index contributed by atoms with van der Waals surface area (Å²) in [4.78, 5) is 75.6. The van der Waals surface area contributed by atoms with Crippen molar-refractivity contribution in [1.29, 1.82) is 0 Å². The smallest absolute Gasteiger partial charge is 0.320 e. The molecule has 16 heteroatoms. The Hall–Kier alpha value is -6.26. The van der Waals surface area contributed by atoms with Crippen LogP contribution in [0, 0.1) is 11.3 Å². The zero-order valence-corrected chi connectivity index (χ0v) is 40.3. The van der Waals surface area contributed by atoms with Crippen LogP contribution in [-0.4, -0.2) is 137 Å². The number of pyridine rings is 1. The van der Waals surface area contributed by atoms with Crippen LogP contribution in [0.2, 0.25) is 0 Å². The van der Waals surface area contributed by atoms with Crippen LogP contribution in [0.3, 0.4) is 0 Å². The molecule has 2 fully saturated rings. The lowest BCUT2D eigenvalue weighted by molar-refractivity contribution is -0.141. The van der Waals surface area contributed by atoms with E-state index in [-0.39, 0.29) is 48.6 Å². The summed E-state index contributed by atoms with van der Waals surface area (Å²) < 4.78 is 13.4. The van der Waals surface area contributed by atoms with Crippen LogP contribution in [0.4, 0.5) is 4.79 Å². The number of hydrogen-bond acceptors (Lipinski definition) is 10. The first kappa shape index (κ1) is 50.2. The predicted molar refractivity (Wildman–Crippen MR) is 258 cm³/mol. The van der Waals surface area contributed by atoms with Crippen molar-refractivity contribution in [3.63, 3.8) is 0 Å². The third-order valence-electron chi connectivity index (χ3n) is 12.9. The molecule has 3 atom stereocenters. The molecule has 67 heavy (non-hydrogen) atoms. The molecular formula is C51H68N8O8. The molecule has 0 spiro atoms. The fourth-order valence-corrected chi connectivity index (χ4v) is 9.49. The zero-order valence-electron chi connectivity index (χ0n) is 40.3. The molecule has 360 valence electrons. The number of nitrogens with zero attached hydrogens (tertiary/aromatic N) is 6. The van der Waals surface area contributed by atoms with E-state index >= 15 is 0 Å². The predicted octanol–water partition coefficient (Wildman–Crippen LogP) is 6.11. The molecule has 6 rings (SSSR count). The number of fused-ring (bicyclic) bond motifs is 1. The molecule has 0 radical (unpaired) electrons. The van der Waals surface area contributed by atoms with Gasteiger partial charge in [0.25, 0.3) is 12.4 Å². The van der Waals surface area contributed by atoms with Crippen molar-refractivity contribution >= 4 is 41.1 Å². The van der Waals surface area contributed by atoms with E-state index in [1.807, 2.05) is 39.0 Å². The third kappa shape index (κ3) is 11.5. The Morgan fingerprint density at radius 3 is 2.37 bits per heavy atom. The molecule has 2 aromatic heterocycles. The Kier molecular flexibility index (Phi) is 16.5. The first-order valence-corrected chi connectivity index (χ1v) is 23.3. The Morgan fingerprint density at radius 1 is 1.00 bits per heavy atom. The lowest BCUT2D eigenvalue weighted by atomic mass is 9.84. The molecule has 16 nitrogen and oxygen atoms in total. The summed E-state index contributed by atoms with van der Waals surface area (Å²) in [5.74, 6) is -1.31. The number of likely N-dealkylation sites (N-methyl/N-ethyl adjacent to an activating group) is 1. The summed E-state index contributed by atoms with van der Waals surface area (Å²) in [6.07, 6.45) is 5.06. The Labute approximate surface area is 394 Å². The van der Waals surface area contributed by atoms with Gasteiger partial charge < -0.3 is 39.2 Å². The maximum absolute atomic E-state index is 14.4. The number of phenolic OH excluding ortho intramolecular Hbond substituents is 1. The molecule has 2 saturated heterocycles. The normalized spacial score (nSPS) is 15.8. The molecule has 5 amide bonds. The summed E-state index contributed by atoms with van der Waals surface area (Å²) in [5.41, 5.74) is 9.68. The number of amides is 5. The Morgan fingerprint density at radius 2 is 1.73 bits per heavy atom. The molecule has 2 aromatic carbocycles. The molecule has 0 aliphatic carbocycles. The van der Waals surface area contributed by atoms with Gasteiger partial charge in [-0.15, -0.1) is 0 Å². The monoisotopic (exact) mass is 921 g/mol. The van der Waals surface area contributed by atoms with E-state index in [1.165, 1.54) is 11.0 Å². The topological polar surface area (TPSA) is 179 Å². The highest BCUT2D eigenvalue weighted by atomic mass is 16.5. The number of hydrazine groups is 1. The van der Waals surface area contributed by atoms with E-state index in [0.29, 0.717) is 69.8 Å². The van der Waals surface area contributed by atoms with Gasteiger partial charge >= 0.3 is 6.03 Å². The lowest BCUT2D eigenvalue weighted by Gasteiger charge is -2.39. The number of hydrogen-bond donors (Lipinski definition) is 3. The first-order valence-electron chi connectivity index (χ1n) is 23.3. The fourth-order valence-electron chi connectivity index (χ4n) is 9.49. The van der Waals surface area contributed by atoms with Gasteiger partial charge in [0.05, 0.1) is 24.1 Å². The summed E-state index contributed by atoms with van der Waals surface area (Å²) in [6.45, 7) is 19.2. The number of rotatable bonds is 18. The van der Waals surface area contributed by atoms with Crippen molar-refractivity contribution in [2.45, 2.75) is 92.0 Å². The van der Waals surface area contributed by atoms with Gasteiger partial charge in [-0.2, -0.15) is 0 Å². The number of piperazine rings is 1. The second-order valence-corrected chi connectivity index (χ2v) is 18.7.